The molecule has 0 saturated carbocycles. The number of ether oxygens (including phenoxy) is 1. The fourth-order valence-electron chi connectivity index (χ4n) is 3.20. The van der Waals surface area contributed by atoms with Crippen molar-refractivity contribution in [1.29, 1.82) is 0 Å². The van der Waals surface area contributed by atoms with Gasteiger partial charge in [0.05, 0.1) is 13.7 Å². The Kier molecular flexibility index (Phi) is 6.61. The first-order valence-electron chi connectivity index (χ1n) is 8.39. The molecule has 132 valence electrons. The van der Waals surface area contributed by atoms with Gasteiger partial charge in [-0.15, -0.1) is 0 Å². The number of likely N-dealkylation sites (N-methyl/N-ethyl adjacent to an activating group) is 1. The lowest BCUT2D eigenvalue weighted by molar-refractivity contribution is -0.133. The molecule has 0 aliphatic carbocycles. The molecule has 2 rings (SSSR count). The van der Waals surface area contributed by atoms with E-state index in [-0.39, 0.29) is 17.9 Å². The zero-order chi connectivity index (χ0) is 17.5. The molecule has 1 aromatic rings. The normalized spacial score (nSPS) is 18.2. The minimum absolute atomic E-state index is 0.0391. The van der Waals surface area contributed by atoms with E-state index in [0.717, 1.165) is 37.1 Å². The van der Waals surface area contributed by atoms with E-state index in [2.05, 4.69) is 4.90 Å². The summed E-state index contributed by atoms with van der Waals surface area (Å²) in [5.74, 6) is 0.515. The maximum absolute atomic E-state index is 12.6. The molecule has 0 radical (unpaired) electrons. The van der Waals surface area contributed by atoms with Crippen LogP contribution in [0.15, 0.2) is 24.3 Å². The maximum atomic E-state index is 12.6. The van der Waals surface area contributed by atoms with Crippen LogP contribution in [0, 0.1) is 0 Å². The molecule has 0 aromatic heterocycles. The Labute approximate surface area is 143 Å². The van der Waals surface area contributed by atoms with Crippen LogP contribution in [0.5, 0.6) is 5.75 Å². The largest absolute Gasteiger partial charge is 0.496 e. The van der Waals surface area contributed by atoms with E-state index in [1.54, 1.807) is 19.1 Å². The number of carbonyl (C=O) groups excluding carboxylic acids is 2. The summed E-state index contributed by atoms with van der Waals surface area (Å²) < 4.78 is 5.34. The van der Waals surface area contributed by atoms with Gasteiger partial charge in [-0.1, -0.05) is 24.6 Å². The molecule has 2 N–H and O–H groups in total. The molecule has 1 aromatic carbocycles. The minimum Gasteiger partial charge on any atom is -0.496 e. The number of nitrogens with zero attached hydrogens (tertiary/aromatic N) is 2. The van der Waals surface area contributed by atoms with E-state index in [1.165, 1.54) is 0 Å². The van der Waals surface area contributed by atoms with Crippen molar-refractivity contribution < 1.29 is 14.3 Å². The fraction of sp³-hybridized carbons (Fsp3) is 0.556. The number of benzene rings is 1. The molecule has 6 heteroatoms. The Morgan fingerprint density at radius 2 is 2.08 bits per heavy atom. The lowest BCUT2D eigenvalue weighted by atomic mass is 9.99. The van der Waals surface area contributed by atoms with Gasteiger partial charge >= 0.3 is 0 Å². The molecule has 2 amide bonds. The molecule has 1 unspecified atom stereocenters. The minimum atomic E-state index is -0.304. The van der Waals surface area contributed by atoms with Gasteiger partial charge in [0, 0.05) is 31.6 Å². The molecule has 1 aliphatic rings. The first kappa shape index (κ1) is 18.3. The second-order valence-corrected chi connectivity index (χ2v) is 6.35. The van der Waals surface area contributed by atoms with Crippen LogP contribution < -0.4 is 10.5 Å². The number of nitrogens with two attached hydrogens (primary N) is 1. The van der Waals surface area contributed by atoms with Crippen molar-refractivity contribution >= 4 is 11.8 Å². The number of rotatable bonds is 7. The van der Waals surface area contributed by atoms with Crippen LogP contribution in [-0.4, -0.2) is 54.9 Å². The fourth-order valence-corrected chi connectivity index (χ4v) is 3.20. The van der Waals surface area contributed by atoms with Crippen molar-refractivity contribution in [3.05, 3.63) is 29.8 Å². The molecule has 0 bridgehead atoms. The molecule has 1 fully saturated rings. The Hall–Kier alpha value is -2.08. The highest BCUT2D eigenvalue weighted by Gasteiger charge is 2.26. The number of hydrogen-bond acceptors (Lipinski definition) is 4. The molecule has 0 spiro atoms. The maximum Gasteiger partial charge on any atom is 0.236 e. The van der Waals surface area contributed by atoms with Crippen molar-refractivity contribution in [2.75, 3.05) is 27.2 Å². The Morgan fingerprint density at radius 3 is 2.79 bits per heavy atom. The van der Waals surface area contributed by atoms with Crippen molar-refractivity contribution in [3.8, 4) is 5.75 Å². The summed E-state index contributed by atoms with van der Waals surface area (Å²) in [4.78, 5) is 27.6. The second-order valence-electron chi connectivity index (χ2n) is 6.35. The van der Waals surface area contributed by atoms with Crippen LogP contribution in [0.4, 0.5) is 0 Å². The highest BCUT2D eigenvalue weighted by molar-refractivity contribution is 5.78. The molecule has 1 aliphatic heterocycles. The molecule has 1 saturated heterocycles. The summed E-state index contributed by atoms with van der Waals surface area (Å²) in [7, 11) is 3.42. The summed E-state index contributed by atoms with van der Waals surface area (Å²) in [6.45, 7) is 1.66. The van der Waals surface area contributed by atoms with Gasteiger partial charge in [0.2, 0.25) is 11.8 Å². The molecular formula is C18H27N3O3. The number of hydrogen-bond donors (Lipinski definition) is 1. The van der Waals surface area contributed by atoms with Crippen molar-refractivity contribution in [3.63, 3.8) is 0 Å². The van der Waals surface area contributed by atoms with E-state index >= 15 is 0 Å². The third-order valence-corrected chi connectivity index (χ3v) is 4.55. The van der Waals surface area contributed by atoms with E-state index in [1.807, 2.05) is 24.3 Å². The van der Waals surface area contributed by atoms with Crippen LogP contribution in [0.1, 0.15) is 31.2 Å². The monoisotopic (exact) mass is 333 g/mol. The first-order chi connectivity index (χ1) is 11.5. The highest BCUT2D eigenvalue weighted by Crippen LogP contribution is 2.21. The lowest BCUT2D eigenvalue weighted by Gasteiger charge is -2.35. The van der Waals surface area contributed by atoms with E-state index < -0.39 is 0 Å². The lowest BCUT2D eigenvalue weighted by Crippen LogP contribution is -2.47. The predicted molar refractivity (Wildman–Crippen MR) is 92.5 cm³/mol. The molecule has 1 atom stereocenters. The summed E-state index contributed by atoms with van der Waals surface area (Å²) in [5.41, 5.74) is 6.31. The van der Waals surface area contributed by atoms with Crippen LogP contribution in [0.25, 0.3) is 0 Å². The number of methoxy groups -OCH3 is 1. The van der Waals surface area contributed by atoms with Crippen LogP contribution in [-0.2, 0) is 16.1 Å². The standard InChI is InChI=1S/C18H27N3O3/c1-20(12-14-7-3-4-9-16(14)24-2)18(23)13-21-10-6-5-8-15(21)11-17(19)22/h3-4,7,9,15H,5-6,8,10-13H2,1-2H3,(H2,19,22). The quantitative estimate of drug-likeness (QED) is 0.818. The van der Waals surface area contributed by atoms with Crippen LogP contribution >= 0.6 is 0 Å². The number of para-hydroxylation sites is 1. The third kappa shape index (κ3) is 4.96. The number of amides is 2. The molecule has 1 heterocycles. The summed E-state index contributed by atoms with van der Waals surface area (Å²) in [6, 6.07) is 7.77. The van der Waals surface area contributed by atoms with Gasteiger partial charge in [0.25, 0.3) is 0 Å². The number of carbonyl (C=O) groups is 2. The number of primary amides is 1. The SMILES string of the molecule is COc1ccccc1CN(C)C(=O)CN1CCCCC1CC(N)=O. The smallest absolute Gasteiger partial charge is 0.236 e. The average molecular weight is 333 g/mol. The van der Waals surface area contributed by atoms with E-state index in [4.69, 9.17) is 10.5 Å². The zero-order valence-corrected chi connectivity index (χ0v) is 14.5. The topological polar surface area (TPSA) is 75.9 Å². The van der Waals surface area contributed by atoms with Gasteiger partial charge in [-0.25, -0.2) is 0 Å². The zero-order valence-electron chi connectivity index (χ0n) is 14.5. The van der Waals surface area contributed by atoms with E-state index in [9.17, 15) is 9.59 Å². The first-order valence-corrected chi connectivity index (χ1v) is 8.39. The van der Waals surface area contributed by atoms with Gasteiger partial charge < -0.3 is 15.4 Å². The van der Waals surface area contributed by atoms with Gasteiger partial charge in [-0.2, -0.15) is 0 Å². The highest BCUT2D eigenvalue weighted by atomic mass is 16.5. The van der Waals surface area contributed by atoms with Gasteiger partial charge in [0.1, 0.15) is 5.75 Å². The van der Waals surface area contributed by atoms with Crippen LogP contribution in [0.3, 0.4) is 0 Å². The summed E-state index contributed by atoms with van der Waals surface area (Å²) in [5, 5.41) is 0. The average Bonchev–Trinajstić information content (AvgIpc) is 2.56. The van der Waals surface area contributed by atoms with Crippen molar-refractivity contribution in [1.82, 2.24) is 9.80 Å². The van der Waals surface area contributed by atoms with Gasteiger partial charge in [0.15, 0.2) is 0 Å². The summed E-state index contributed by atoms with van der Waals surface area (Å²) >= 11 is 0. The van der Waals surface area contributed by atoms with Crippen LogP contribution in [0.2, 0.25) is 0 Å². The molecular weight excluding hydrogens is 306 g/mol. The number of likely N-dealkylation sites (tertiary alicyclic amines) is 1. The third-order valence-electron chi connectivity index (χ3n) is 4.55. The van der Waals surface area contributed by atoms with Gasteiger partial charge in [-0.3, -0.25) is 14.5 Å². The molecule has 6 nitrogen and oxygen atoms in total. The van der Waals surface area contributed by atoms with Crippen molar-refractivity contribution in [2.45, 2.75) is 38.3 Å². The van der Waals surface area contributed by atoms with E-state index in [0.29, 0.717) is 19.5 Å². The van der Waals surface area contributed by atoms with Gasteiger partial charge in [-0.05, 0) is 25.5 Å². The number of piperidine rings is 1. The predicted octanol–water partition coefficient (Wildman–Crippen LogP) is 1.38. The Morgan fingerprint density at radius 1 is 1.33 bits per heavy atom. The van der Waals surface area contributed by atoms with Crippen molar-refractivity contribution in [2.24, 2.45) is 5.73 Å². The Balaban J connectivity index is 1.96. The summed E-state index contributed by atoms with van der Waals surface area (Å²) in [6.07, 6.45) is 3.38. The molecule has 24 heavy (non-hydrogen) atoms. The second kappa shape index (κ2) is 8.68. The Bertz CT molecular complexity index is 576.